The van der Waals surface area contributed by atoms with Gasteiger partial charge in [0.25, 0.3) is 0 Å². The molecule has 1 aliphatic rings. The summed E-state index contributed by atoms with van der Waals surface area (Å²) in [6, 6.07) is 8.14. The van der Waals surface area contributed by atoms with E-state index < -0.39 is 0 Å². The number of aliphatic imine (C=N–C) groups is 1. The second-order valence-electron chi connectivity index (χ2n) is 7.12. The molecule has 28 heavy (non-hydrogen) atoms. The number of piperazine rings is 1. The van der Waals surface area contributed by atoms with Gasteiger partial charge in [-0.1, -0.05) is 25.1 Å². The number of guanidine groups is 1. The second kappa shape index (κ2) is 14.0. The molecule has 1 heterocycles. The zero-order chi connectivity index (χ0) is 19.5. The summed E-state index contributed by atoms with van der Waals surface area (Å²) in [6.45, 7) is 11.2. The molecule has 7 heteroatoms. The van der Waals surface area contributed by atoms with Crippen LogP contribution in [0.1, 0.15) is 25.3 Å². The summed E-state index contributed by atoms with van der Waals surface area (Å²) in [5.41, 5.74) is 1.16. The molecule has 0 saturated carbocycles. The van der Waals surface area contributed by atoms with Gasteiger partial charge in [-0.2, -0.15) is 0 Å². The highest BCUT2D eigenvalue weighted by Gasteiger charge is 2.14. The highest BCUT2D eigenvalue weighted by molar-refractivity contribution is 14.0. The third-order valence-electron chi connectivity index (χ3n) is 5.27. The van der Waals surface area contributed by atoms with Gasteiger partial charge in [-0.05, 0) is 32.0 Å². The summed E-state index contributed by atoms with van der Waals surface area (Å²) >= 11 is 0. The Morgan fingerprint density at radius 1 is 1.14 bits per heavy atom. The van der Waals surface area contributed by atoms with Crippen molar-refractivity contribution in [3.8, 4) is 5.75 Å². The van der Waals surface area contributed by atoms with Gasteiger partial charge in [0.15, 0.2) is 5.96 Å². The van der Waals surface area contributed by atoms with E-state index in [9.17, 15) is 0 Å². The maximum atomic E-state index is 5.45. The van der Waals surface area contributed by atoms with E-state index in [1.807, 2.05) is 25.2 Å². The van der Waals surface area contributed by atoms with Crippen LogP contribution in [0.3, 0.4) is 0 Å². The lowest BCUT2D eigenvalue weighted by Gasteiger charge is -2.34. The quantitative estimate of drug-likeness (QED) is 0.243. The number of ether oxygens (including phenoxy) is 1. The van der Waals surface area contributed by atoms with Crippen LogP contribution in [-0.2, 0) is 6.54 Å². The highest BCUT2D eigenvalue weighted by atomic mass is 127. The predicted octanol–water partition coefficient (Wildman–Crippen LogP) is 2.74. The molecular weight excluding hydrogens is 465 g/mol. The Labute approximate surface area is 188 Å². The number of benzene rings is 1. The topological polar surface area (TPSA) is 43.3 Å². The monoisotopic (exact) mass is 503 g/mol. The minimum absolute atomic E-state index is 0. The van der Waals surface area contributed by atoms with Crippen molar-refractivity contribution in [2.75, 3.05) is 67.0 Å². The number of rotatable bonds is 9. The van der Waals surface area contributed by atoms with Crippen LogP contribution >= 0.6 is 24.0 Å². The molecule has 0 amide bonds. The van der Waals surface area contributed by atoms with Gasteiger partial charge in [0.05, 0.1) is 7.11 Å². The van der Waals surface area contributed by atoms with Crippen molar-refractivity contribution >= 4 is 29.9 Å². The van der Waals surface area contributed by atoms with Crippen molar-refractivity contribution < 1.29 is 4.74 Å². The first kappa shape index (κ1) is 25.0. The molecule has 160 valence electrons. The van der Waals surface area contributed by atoms with Gasteiger partial charge in [-0.3, -0.25) is 4.99 Å². The van der Waals surface area contributed by atoms with Gasteiger partial charge in [0.1, 0.15) is 5.75 Å². The van der Waals surface area contributed by atoms with E-state index in [1.165, 1.54) is 45.7 Å². The number of hydrogen-bond donors (Lipinski definition) is 1. The Morgan fingerprint density at radius 2 is 1.82 bits per heavy atom. The summed E-state index contributed by atoms with van der Waals surface area (Å²) in [7, 11) is 5.62. The summed E-state index contributed by atoms with van der Waals surface area (Å²) in [6.07, 6.45) is 2.39. The van der Waals surface area contributed by atoms with Gasteiger partial charge >= 0.3 is 0 Å². The summed E-state index contributed by atoms with van der Waals surface area (Å²) in [5, 5.41) is 3.49. The van der Waals surface area contributed by atoms with E-state index in [2.05, 4.69) is 45.0 Å². The van der Waals surface area contributed by atoms with Crippen molar-refractivity contribution in [2.24, 2.45) is 4.99 Å². The maximum Gasteiger partial charge on any atom is 0.193 e. The number of methoxy groups -OCH3 is 1. The SMILES string of the molecule is CCN1CCN(CCCCNC(=NC)N(C)Cc2ccccc2OC)CC1.I. The average Bonchev–Trinajstić information content (AvgIpc) is 2.71. The zero-order valence-electron chi connectivity index (χ0n) is 18.0. The molecular formula is C21H38IN5O. The number of hydrogen-bond acceptors (Lipinski definition) is 4. The van der Waals surface area contributed by atoms with Gasteiger partial charge in [0.2, 0.25) is 0 Å². The van der Waals surface area contributed by atoms with Crippen LogP contribution in [-0.4, -0.2) is 87.7 Å². The first-order chi connectivity index (χ1) is 13.2. The molecule has 1 aromatic carbocycles. The molecule has 0 radical (unpaired) electrons. The standard InChI is InChI=1S/C21H37N5O.HI/c1-5-25-14-16-26(17-15-25)13-9-8-12-23-21(22-2)24(3)18-19-10-6-7-11-20(19)27-4;/h6-7,10-11H,5,8-9,12-18H2,1-4H3,(H,22,23);1H. The number of nitrogens with zero attached hydrogens (tertiary/aromatic N) is 4. The second-order valence-corrected chi connectivity index (χ2v) is 7.12. The van der Waals surface area contributed by atoms with Gasteiger partial charge in [0, 0.05) is 58.9 Å². The van der Waals surface area contributed by atoms with Crippen molar-refractivity contribution in [3.63, 3.8) is 0 Å². The lowest BCUT2D eigenvalue weighted by molar-refractivity contribution is 0.136. The summed E-state index contributed by atoms with van der Waals surface area (Å²) in [5.74, 6) is 1.85. The Hall–Kier alpha value is -1.06. The fourth-order valence-electron chi connectivity index (χ4n) is 3.54. The molecule has 0 aromatic heterocycles. The fraction of sp³-hybridized carbons (Fsp3) is 0.667. The van der Waals surface area contributed by atoms with Gasteiger partial charge in [-0.15, -0.1) is 24.0 Å². The Morgan fingerprint density at radius 3 is 2.46 bits per heavy atom. The zero-order valence-corrected chi connectivity index (χ0v) is 20.3. The van der Waals surface area contributed by atoms with E-state index >= 15 is 0 Å². The molecule has 1 aromatic rings. The van der Waals surface area contributed by atoms with Gasteiger partial charge in [-0.25, -0.2) is 0 Å². The van der Waals surface area contributed by atoms with Crippen molar-refractivity contribution in [1.82, 2.24) is 20.0 Å². The lowest BCUT2D eigenvalue weighted by Crippen LogP contribution is -2.46. The van der Waals surface area contributed by atoms with Crippen LogP contribution < -0.4 is 10.1 Å². The minimum Gasteiger partial charge on any atom is -0.496 e. The third kappa shape index (κ3) is 8.13. The van der Waals surface area contributed by atoms with Crippen LogP contribution in [0.5, 0.6) is 5.75 Å². The van der Waals surface area contributed by atoms with Gasteiger partial charge < -0.3 is 24.8 Å². The van der Waals surface area contributed by atoms with Crippen molar-refractivity contribution in [2.45, 2.75) is 26.3 Å². The number of halogens is 1. The Bertz CT molecular complexity index is 576. The van der Waals surface area contributed by atoms with Crippen LogP contribution in [0.4, 0.5) is 0 Å². The third-order valence-corrected chi connectivity index (χ3v) is 5.27. The summed E-state index contributed by atoms with van der Waals surface area (Å²) < 4.78 is 5.45. The smallest absolute Gasteiger partial charge is 0.193 e. The Balaban J connectivity index is 0.00000392. The molecule has 2 rings (SSSR count). The number of nitrogens with one attached hydrogen (secondary N) is 1. The molecule has 0 bridgehead atoms. The first-order valence-electron chi connectivity index (χ1n) is 10.2. The summed E-state index contributed by atoms with van der Waals surface area (Å²) in [4.78, 5) is 11.7. The van der Waals surface area contributed by atoms with E-state index in [0.29, 0.717) is 0 Å². The van der Waals surface area contributed by atoms with E-state index in [4.69, 9.17) is 4.74 Å². The number of likely N-dealkylation sites (N-methyl/N-ethyl adjacent to an activating group) is 1. The molecule has 0 aliphatic carbocycles. The molecule has 0 unspecified atom stereocenters. The van der Waals surface area contributed by atoms with E-state index in [0.717, 1.165) is 36.8 Å². The molecule has 1 fully saturated rings. The minimum atomic E-state index is 0. The van der Waals surface area contributed by atoms with E-state index in [1.54, 1.807) is 7.11 Å². The Kier molecular flexibility index (Phi) is 12.5. The normalized spacial score (nSPS) is 15.8. The highest BCUT2D eigenvalue weighted by Crippen LogP contribution is 2.18. The van der Waals surface area contributed by atoms with Crippen molar-refractivity contribution in [3.05, 3.63) is 29.8 Å². The lowest BCUT2D eigenvalue weighted by atomic mass is 10.2. The molecule has 6 nitrogen and oxygen atoms in total. The molecule has 1 aliphatic heterocycles. The van der Waals surface area contributed by atoms with Crippen LogP contribution in [0.2, 0.25) is 0 Å². The van der Waals surface area contributed by atoms with Crippen LogP contribution in [0, 0.1) is 0 Å². The van der Waals surface area contributed by atoms with Crippen LogP contribution in [0.15, 0.2) is 29.3 Å². The molecule has 1 saturated heterocycles. The maximum absolute atomic E-state index is 5.45. The largest absolute Gasteiger partial charge is 0.496 e. The fourth-order valence-corrected chi connectivity index (χ4v) is 3.54. The van der Waals surface area contributed by atoms with Crippen molar-refractivity contribution in [1.29, 1.82) is 0 Å². The van der Waals surface area contributed by atoms with E-state index in [-0.39, 0.29) is 24.0 Å². The first-order valence-corrected chi connectivity index (χ1v) is 10.2. The molecule has 0 spiro atoms. The molecule has 0 atom stereocenters. The predicted molar refractivity (Wildman–Crippen MR) is 129 cm³/mol. The number of para-hydroxylation sites is 1. The van der Waals surface area contributed by atoms with Crippen LogP contribution in [0.25, 0.3) is 0 Å². The average molecular weight is 503 g/mol. The molecule has 1 N–H and O–H groups in total. The number of unbranched alkanes of at least 4 members (excludes halogenated alkanes) is 1.